The van der Waals surface area contributed by atoms with E-state index in [1.807, 2.05) is 0 Å². The summed E-state index contributed by atoms with van der Waals surface area (Å²) in [6.07, 6.45) is 9.74. The van der Waals surface area contributed by atoms with Crippen molar-refractivity contribution in [1.82, 2.24) is 0 Å². The van der Waals surface area contributed by atoms with Gasteiger partial charge in [-0.15, -0.1) is 0 Å². The van der Waals surface area contributed by atoms with Crippen LogP contribution in [0.25, 0.3) is 11.1 Å². The molecule has 0 saturated carbocycles. The normalized spacial score (nSPS) is 20.6. The van der Waals surface area contributed by atoms with Gasteiger partial charge in [0, 0.05) is 11.8 Å². The summed E-state index contributed by atoms with van der Waals surface area (Å²) in [5, 5.41) is 0. The fraction of sp³-hybridized carbons (Fsp3) is 0.452. The van der Waals surface area contributed by atoms with Crippen molar-refractivity contribution in [2.45, 2.75) is 85.5 Å². The molecule has 1 unspecified atom stereocenters. The summed E-state index contributed by atoms with van der Waals surface area (Å²) < 4.78 is 0. The van der Waals surface area contributed by atoms with E-state index in [1.165, 1.54) is 44.5 Å². The zero-order valence-corrected chi connectivity index (χ0v) is 21.2. The van der Waals surface area contributed by atoms with Gasteiger partial charge < -0.3 is 0 Å². The topological polar surface area (TPSA) is 0 Å². The van der Waals surface area contributed by atoms with E-state index in [4.69, 9.17) is 0 Å². The first-order chi connectivity index (χ1) is 14.1. The maximum Gasteiger partial charge on any atom is 0.0298 e. The van der Waals surface area contributed by atoms with Crippen LogP contribution in [0.4, 0.5) is 0 Å². The first kappa shape index (κ1) is 22.1. The van der Waals surface area contributed by atoms with E-state index in [1.54, 1.807) is 0 Å². The van der Waals surface area contributed by atoms with Crippen LogP contribution in [0.1, 0.15) is 97.1 Å². The highest BCUT2D eigenvalue weighted by molar-refractivity contribution is 5.84. The molecule has 0 heterocycles. The Kier molecular flexibility index (Phi) is 4.79. The van der Waals surface area contributed by atoms with E-state index in [9.17, 15) is 0 Å². The van der Waals surface area contributed by atoms with E-state index in [0.29, 0.717) is 0 Å². The van der Waals surface area contributed by atoms with Crippen LogP contribution < -0.4 is 0 Å². The molecule has 0 saturated heterocycles. The molecule has 0 amide bonds. The highest BCUT2D eigenvalue weighted by atomic mass is 14.4. The molecule has 1 radical (unpaired) electrons. The van der Waals surface area contributed by atoms with Crippen molar-refractivity contribution in [3.63, 3.8) is 0 Å². The Labute approximate surface area is 190 Å². The lowest BCUT2D eigenvalue weighted by Gasteiger charge is -2.33. The summed E-state index contributed by atoms with van der Waals surface area (Å²) in [7, 11) is 0. The van der Waals surface area contributed by atoms with Crippen molar-refractivity contribution in [2.24, 2.45) is 5.41 Å². The Bertz CT molecular complexity index is 1100. The van der Waals surface area contributed by atoms with Crippen LogP contribution in [0.2, 0.25) is 0 Å². The number of hydrogen-bond acceptors (Lipinski definition) is 0. The zero-order chi connectivity index (χ0) is 23.0. The highest BCUT2D eigenvalue weighted by Crippen LogP contribution is 2.50. The van der Waals surface area contributed by atoms with Gasteiger partial charge in [-0.05, 0) is 67.7 Å². The van der Waals surface area contributed by atoms with Gasteiger partial charge in [0.15, 0.2) is 0 Å². The van der Waals surface area contributed by atoms with Crippen molar-refractivity contribution in [3.05, 3.63) is 88.4 Å². The van der Waals surface area contributed by atoms with Crippen molar-refractivity contribution >= 4 is 0 Å². The molecule has 0 N–H and O–H groups in total. The maximum atomic E-state index is 2.51. The predicted molar refractivity (Wildman–Crippen MR) is 136 cm³/mol. The molecule has 163 valence electrons. The Morgan fingerprint density at radius 1 is 0.710 bits per heavy atom. The predicted octanol–water partition coefficient (Wildman–Crippen LogP) is 8.66. The van der Waals surface area contributed by atoms with Crippen molar-refractivity contribution in [2.75, 3.05) is 0 Å². The molecule has 0 heteroatoms. The summed E-state index contributed by atoms with van der Waals surface area (Å²) in [4.78, 5) is 0. The minimum absolute atomic E-state index is 0.0821. The molecular formula is C31H39. The number of hydrogen-bond donors (Lipinski definition) is 0. The van der Waals surface area contributed by atoms with Gasteiger partial charge in [-0.2, -0.15) is 0 Å². The van der Waals surface area contributed by atoms with Crippen molar-refractivity contribution < 1.29 is 0 Å². The third-order valence-corrected chi connectivity index (χ3v) is 7.03. The molecule has 2 aromatic rings. The summed E-state index contributed by atoms with van der Waals surface area (Å²) in [6.45, 7) is 23.2. The number of fused-ring (bicyclic) bond motifs is 3. The van der Waals surface area contributed by atoms with Gasteiger partial charge in [0.1, 0.15) is 0 Å². The molecule has 2 aromatic carbocycles. The Morgan fingerprint density at radius 2 is 1.35 bits per heavy atom. The summed E-state index contributed by atoms with van der Waals surface area (Å²) in [5.41, 5.74) is 11.6. The molecule has 1 atom stereocenters. The summed E-state index contributed by atoms with van der Waals surface area (Å²) in [6, 6.07) is 11.8. The van der Waals surface area contributed by atoms with E-state index in [0.717, 1.165) is 0 Å². The van der Waals surface area contributed by atoms with Gasteiger partial charge in [0.2, 0.25) is 0 Å². The monoisotopic (exact) mass is 411 g/mol. The van der Waals surface area contributed by atoms with E-state index < -0.39 is 0 Å². The Hall–Kier alpha value is -2.08. The van der Waals surface area contributed by atoms with Crippen LogP contribution in [0, 0.1) is 11.8 Å². The smallest absolute Gasteiger partial charge is 0.0298 e. The van der Waals surface area contributed by atoms with Crippen LogP contribution in [-0.4, -0.2) is 0 Å². The first-order valence-electron chi connectivity index (χ1n) is 11.7. The van der Waals surface area contributed by atoms with Crippen LogP contribution >= 0.6 is 0 Å². The second-order valence-electron chi connectivity index (χ2n) is 12.9. The van der Waals surface area contributed by atoms with Gasteiger partial charge in [-0.3, -0.25) is 0 Å². The fourth-order valence-corrected chi connectivity index (χ4v) is 5.06. The number of benzene rings is 2. The van der Waals surface area contributed by atoms with Gasteiger partial charge >= 0.3 is 0 Å². The standard InChI is InChI=1S/C31H39/c1-28(2,3)21-11-12-23-20(17-21)18-25-24(23)13-14-26(30(7,8)9)27(25)31(10)16-15-22(19-31)29(4,5)6/h11-19H,1-10H3. The Morgan fingerprint density at radius 3 is 1.90 bits per heavy atom. The van der Waals surface area contributed by atoms with Gasteiger partial charge in [0.25, 0.3) is 0 Å². The number of rotatable bonds is 1. The average Bonchev–Trinajstić information content (AvgIpc) is 3.20. The largest absolute Gasteiger partial charge is 0.0701 e. The molecule has 0 nitrogen and oxygen atoms in total. The second kappa shape index (κ2) is 6.71. The lowest BCUT2D eigenvalue weighted by atomic mass is 9.70. The molecule has 2 aliphatic rings. The Balaban J connectivity index is 1.94. The van der Waals surface area contributed by atoms with Crippen LogP contribution in [-0.2, 0) is 16.2 Å². The average molecular weight is 412 g/mol. The van der Waals surface area contributed by atoms with Gasteiger partial charge in [-0.1, -0.05) is 111 Å². The number of allylic oxidation sites excluding steroid dienone is 4. The third kappa shape index (κ3) is 3.73. The minimum atomic E-state index is -0.0953. The SMILES string of the molecule is CC(C)(C)C1=CC(C)(c2c(C(C)(C)C)ccc3c2[CH]c2cc(C(C)(C)C)ccc2-3)C=C1. The molecular weight excluding hydrogens is 372 g/mol. The molecule has 31 heavy (non-hydrogen) atoms. The lowest BCUT2D eigenvalue weighted by Crippen LogP contribution is -2.25. The first-order valence-corrected chi connectivity index (χ1v) is 11.7. The fourth-order valence-electron chi connectivity index (χ4n) is 5.06. The highest BCUT2D eigenvalue weighted by Gasteiger charge is 2.38. The zero-order valence-electron chi connectivity index (χ0n) is 21.2. The van der Waals surface area contributed by atoms with Gasteiger partial charge in [-0.25, -0.2) is 0 Å². The third-order valence-electron chi connectivity index (χ3n) is 7.03. The van der Waals surface area contributed by atoms with Crippen LogP contribution in [0.3, 0.4) is 0 Å². The second-order valence-corrected chi connectivity index (χ2v) is 12.9. The maximum absolute atomic E-state index is 2.51. The lowest BCUT2D eigenvalue weighted by molar-refractivity contribution is 0.514. The van der Waals surface area contributed by atoms with Crippen molar-refractivity contribution in [1.29, 1.82) is 0 Å². The molecule has 0 bridgehead atoms. The van der Waals surface area contributed by atoms with Crippen LogP contribution in [0.5, 0.6) is 0 Å². The molecule has 2 aliphatic carbocycles. The van der Waals surface area contributed by atoms with Gasteiger partial charge in [0.05, 0.1) is 0 Å². The summed E-state index contributed by atoms with van der Waals surface area (Å²) in [5.74, 6) is 0. The minimum Gasteiger partial charge on any atom is -0.0701 e. The van der Waals surface area contributed by atoms with Crippen LogP contribution in [0.15, 0.2) is 54.1 Å². The quantitative estimate of drug-likeness (QED) is 0.376. The molecule has 0 aliphatic heterocycles. The van der Waals surface area contributed by atoms with Crippen molar-refractivity contribution in [3.8, 4) is 11.1 Å². The summed E-state index contributed by atoms with van der Waals surface area (Å²) >= 11 is 0. The molecule has 4 rings (SSSR count). The molecule has 0 aromatic heterocycles. The molecule has 0 spiro atoms. The van der Waals surface area contributed by atoms with E-state index >= 15 is 0 Å². The van der Waals surface area contributed by atoms with E-state index in [2.05, 4.69) is 124 Å². The van der Waals surface area contributed by atoms with E-state index in [-0.39, 0.29) is 21.7 Å². The molecule has 0 fully saturated rings.